The number of hydrogen-bond donors (Lipinski definition) is 0. The number of benzene rings is 1. The van der Waals surface area contributed by atoms with Gasteiger partial charge in [0.2, 0.25) is 0 Å². The highest BCUT2D eigenvalue weighted by Crippen LogP contribution is 2.34. The SMILES string of the molecule is C=C/C=N\c1c(C)cccc1S/C(C=C)=N/C(N=C(C)C)=C(C)C. The minimum absolute atomic E-state index is 0.723. The third kappa shape index (κ3) is 6.13. The summed E-state index contributed by atoms with van der Waals surface area (Å²) in [5.41, 5.74) is 4.05. The molecule has 0 aromatic heterocycles. The lowest BCUT2D eigenvalue weighted by molar-refractivity contribution is 1.14. The molecule has 0 saturated carbocycles. The van der Waals surface area contributed by atoms with Gasteiger partial charge in [0.25, 0.3) is 0 Å². The number of thioether (sulfide) groups is 1. The number of allylic oxidation sites excluding steroid dienone is 2. The van der Waals surface area contributed by atoms with Gasteiger partial charge in [-0.1, -0.05) is 43.1 Å². The normalized spacial score (nSPS) is 11.3. The lowest BCUT2D eigenvalue weighted by atomic mass is 10.2. The van der Waals surface area contributed by atoms with Crippen molar-refractivity contribution < 1.29 is 0 Å². The fraction of sp³-hybridized carbons (Fsp3) is 0.250. The molecule has 1 aromatic carbocycles. The number of para-hydroxylation sites is 1. The van der Waals surface area contributed by atoms with Crippen molar-refractivity contribution in [2.45, 2.75) is 39.5 Å². The standard InChI is InChI=1S/C20H25N3S/c1-8-13-21-19-16(7)11-10-12-17(19)24-18(9-2)23-20(14(3)4)22-15(5)6/h8-13H,1-2H2,3-7H3/b21-13-,23-18+. The summed E-state index contributed by atoms with van der Waals surface area (Å²) in [6.07, 6.45) is 5.12. The van der Waals surface area contributed by atoms with Gasteiger partial charge in [-0.15, -0.1) is 0 Å². The molecular weight excluding hydrogens is 314 g/mol. The Labute approximate surface area is 149 Å². The third-order valence-electron chi connectivity index (χ3n) is 2.89. The molecule has 3 nitrogen and oxygen atoms in total. The van der Waals surface area contributed by atoms with Crippen molar-refractivity contribution in [1.29, 1.82) is 0 Å². The van der Waals surface area contributed by atoms with Crippen LogP contribution in [0, 0.1) is 6.92 Å². The van der Waals surface area contributed by atoms with Crippen LogP contribution in [0.25, 0.3) is 0 Å². The van der Waals surface area contributed by atoms with E-state index in [1.54, 1.807) is 18.4 Å². The maximum Gasteiger partial charge on any atom is 0.151 e. The van der Waals surface area contributed by atoms with Crippen LogP contribution in [-0.2, 0) is 0 Å². The number of nitrogens with zero attached hydrogens (tertiary/aromatic N) is 3. The number of aryl methyl sites for hydroxylation is 1. The summed E-state index contributed by atoms with van der Waals surface area (Å²) in [5, 5.41) is 0.789. The molecule has 0 spiro atoms. The molecule has 0 radical (unpaired) electrons. The molecule has 4 heteroatoms. The van der Waals surface area contributed by atoms with Crippen LogP contribution < -0.4 is 0 Å². The van der Waals surface area contributed by atoms with Gasteiger partial charge >= 0.3 is 0 Å². The molecule has 0 unspecified atom stereocenters. The Morgan fingerprint density at radius 1 is 1.08 bits per heavy atom. The lowest BCUT2D eigenvalue weighted by Crippen LogP contribution is -1.92. The molecule has 24 heavy (non-hydrogen) atoms. The molecule has 0 N–H and O–H groups in total. The predicted octanol–water partition coefficient (Wildman–Crippen LogP) is 6.29. The zero-order chi connectivity index (χ0) is 18.1. The van der Waals surface area contributed by atoms with Crippen LogP contribution in [0.2, 0.25) is 0 Å². The van der Waals surface area contributed by atoms with E-state index in [4.69, 9.17) is 0 Å². The van der Waals surface area contributed by atoms with Gasteiger partial charge in [0.1, 0.15) is 5.04 Å². The first-order valence-corrected chi connectivity index (χ1v) is 8.53. The second kappa shape index (κ2) is 9.83. The highest BCUT2D eigenvalue weighted by Gasteiger charge is 2.08. The van der Waals surface area contributed by atoms with Gasteiger partial charge < -0.3 is 0 Å². The Kier molecular flexibility index (Phi) is 8.13. The van der Waals surface area contributed by atoms with Gasteiger partial charge in [-0.05, 0) is 57.9 Å². The van der Waals surface area contributed by atoms with Crippen molar-refractivity contribution in [1.82, 2.24) is 0 Å². The highest BCUT2D eigenvalue weighted by atomic mass is 32.2. The monoisotopic (exact) mass is 339 g/mol. The van der Waals surface area contributed by atoms with E-state index in [0.717, 1.165) is 38.3 Å². The smallest absolute Gasteiger partial charge is 0.151 e. The fourth-order valence-electron chi connectivity index (χ4n) is 1.79. The summed E-state index contributed by atoms with van der Waals surface area (Å²) in [6.45, 7) is 17.5. The molecule has 1 rings (SSSR count). The Hall–Kier alpha value is -2.20. The average Bonchev–Trinajstić information content (AvgIpc) is 2.52. The summed E-state index contributed by atoms with van der Waals surface area (Å²) in [4.78, 5) is 14.7. The molecule has 0 aliphatic rings. The lowest BCUT2D eigenvalue weighted by Gasteiger charge is -2.09. The summed E-state index contributed by atoms with van der Waals surface area (Å²) in [7, 11) is 0. The second-order valence-corrected chi connectivity index (χ2v) is 6.64. The largest absolute Gasteiger partial charge is 0.255 e. The maximum absolute atomic E-state index is 4.66. The summed E-state index contributed by atoms with van der Waals surface area (Å²) >= 11 is 1.53. The summed E-state index contributed by atoms with van der Waals surface area (Å²) in [5.74, 6) is 0.723. The zero-order valence-electron chi connectivity index (χ0n) is 15.1. The predicted molar refractivity (Wildman–Crippen MR) is 110 cm³/mol. The van der Waals surface area contributed by atoms with Crippen molar-refractivity contribution >= 4 is 34.4 Å². The summed E-state index contributed by atoms with van der Waals surface area (Å²) in [6, 6.07) is 6.08. The van der Waals surface area contributed by atoms with E-state index in [-0.39, 0.29) is 0 Å². The van der Waals surface area contributed by atoms with Gasteiger partial charge in [-0.25, -0.2) is 9.98 Å². The fourth-order valence-corrected chi connectivity index (χ4v) is 2.69. The van der Waals surface area contributed by atoms with E-state index in [2.05, 4.69) is 28.1 Å². The molecule has 0 heterocycles. The van der Waals surface area contributed by atoms with Gasteiger partial charge in [0, 0.05) is 16.8 Å². The third-order valence-corrected chi connectivity index (χ3v) is 3.91. The van der Waals surface area contributed by atoms with Gasteiger partial charge in [-0.2, -0.15) is 0 Å². The Morgan fingerprint density at radius 2 is 1.79 bits per heavy atom. The first kappa shape index (κ1) is 19.8. The Balaban J connectivity index is 3.29. The molecule has 126 valence electrons. The van der Waals surface area contributed by atoms with Crippen LogP contribution in [0.1, 0.15) is 33.3 Å². The number of aliphatic imine (C=N–C) groups is 3. The zero-order valence-corrected chi connectivity index (χ0v) is 15.9. The molecule has 0 amide bonds. The van der Waals surface area contributed by atoms with Crippen LogP contribution >= 0.6 is 11.8 Å². The molecular formula is C20H25N3S. The van der Waals surface area contributed by atoms with E-state index >= 15 is 0 Å². The molecule has 1 aromatic rings. The van der Waals surface area contributed by atoms with Crippen LogP contribution in [-0.4, -0.2) is 17.0 Å². The van der Waals surface area contributed by atoms with E-state index in [0.29, 0.717) is 0 Å². The van der Waals surface area contributed by atoms with Crippen molar-refractivity contribution in [2.75, 3.05) is 0 Å². The number of rotatable bonds is 6. The van der Waals surface area contributed by atoms with E-state index < -0.39 is 0 Å². The summed E-state index contributed by atoms with van der Waals surface area (Å²) < 4.78 is 0. The van der Waals surface area contributed by atoms with Crippen molar-refractivity contribution in [2.24, 2.45) is 15.0 Å². The van der Waals surface area contributed by atoms with E-state index in [9.17, 15) is 0 Å². The molecule has 0 aliphatic carbocycles. The van der Waals surface area contributed by atoms with Gasteiger partial charge in [0.05, 0.1) is 5.69 Å². The van der Waals surface area contributed by atoms with Crippen molar-refractivity contribution in [3.8, 4) is 0 Å². The molecule has 0 atom stereocenters. The number of hydrogen-bond acceptors (Lipinski definition) is 4. The Morgan fingerprint density at radius 3 is 2.33 bits per heavy atom. The minimum Gasteiger partial charge on any atom is -0.255 e. The van der Waals surface area contributed by atoms with Gasteiger partial charge in [0.15, 0.2) is 5.82 Å². The van der Waals surface area contributed by atoms with Crippen LogP contribution in [0.4, 0.5) is 5.69 Å². The first-order chi connectivity index (χ1) is 11.4. The second-order valence-electron chi connectivity index (χ2n) is 5.57. The molecule has 0 bridgehead atoms. The topological polar surface area (TPSA) is 37.1 Å². The van der Waals surface area contributed by atoms with E-state index in [1.807, 2.05) is 52.8 Å². The molecule has 0 saturated heterocycles. The quantitative estimate of drug-likeness (QED) is 0.341. The molecule has 0 fully saturated rings. The first-order valence-electron chi connectivity index (χ1n) is 7.72. The van der Waals surface area contributed by atoms with E-state index in [1.165, 1.54) is 11.8 Å². The minimum atomic E-state index is 0.723. The van der Waals surface area contributed by atoms with Gasteiger partial charge in [-0.3, -0.25) is 4.99 Å². The van der Waals surface area contributed by atoms with Crippen molar-refractivity contribution in [3.05, 3.63) is 60.5 Å². The Bertz CT molecular complexity index is 729. The average molecular weight is 340 g/mol. The maximum atomic E-state index is 4.66. The molecule has 0 aliphatic heterocycles. The van der Waals surface area contributed by atoms with Crippen molar-refractivity contribution in [3.63, 3.8) is 0 Å². The van der Waals surface area contributed by atoms with Crippen LogP contribution in [0.15, 0.2) is 74.8 Å². The van der Waals surface area contributed by atoms with Crippen LogP contribution in [0.3, 0.4) is 0 Å². The highest BCUT2D eigenvalue weighted by molar-refractivity contribution is 8.14. The van der Waals surface area contributed by atoms with Crippen LogP contribution in [0.5, 0.6) is 0 Å².